The van der Waals surface area contributed by atoms with Crippen molar-refractivity contribution in [3.05, 3.63) is 0 Å². The first kappa shape index (κ1) is 38.9. The number of carbonyl (C=O) groups is 4. The summed E-state index contributed by atoms with van der Waals surface area (Å²) in [7, 11) is 1.55. The van der Waals surface area contributed by atoms with Gasteiger partial charge in [-0.25, -0.2) is 0 Å². The maximum absolute atomic E-state index is 13.0. The second-order valence-electron chi connectivity index (χ2n) is 12.0. The summed E-state index contributed by atoms with van der Waals surface area (Å²) in [5.41, 5.74) is 0. The number of nitrogens with one attached hydrogen (secondary N) is 4. The molecule has 2 saturated heterocycles. The lowest BCUT2D eigenvalue weighted by Crippen LogP contribution is -2.57. The SMILES string of the molecule is CNC(=O)CCCCCNC(=O)C1C(C(=O)NCCO[C@@H]2O[C@@H](C)[C@@H](O)[C@@H](O)[C@@H]2O)C1C(=O)NCCO[C@@H]1O[C@@H](C)[C@@H](O)[C@@H](O)[C@@H]1O. The fourth-order valence-corrected chi connectivity index (χ4v) is 5.57. The first-order chi connectivity index (χ1) is 22.3. The van der Waals surface area contributed by atoms with E-state index in [4.69, 9.17) is 18.9 Å². The lowest BCUT2D eigenvalue weighted by molar-refractivity contribution is -0.292. The second kappa shape index (κ2) is 18.3. The van der Waals surface area contributed by atoms with E-state index in [0.717, 1.165) is 0 Å². The van der Waals surface area contributed by atoms with Gasteiger partial charge in [-0.05, 0) is 26.7 Å². The normalized spacial score (nSPS) is 36.7. The highest BCUT2D eigenvalue weighted by molar-refractivity contribution is 6.02. The molecule has 10 N–H and O–H groups in total. The summed E-state index contributed by atoms with van der Waals surface area (Å²) in [6, 6.07) is 0. The van der Waals surface area contributed by atoms with E-state index >= 15 is 0 Å². The van der Waals surface area contributed by atoms with Crippen molar-refractivity contribution < 1.29 is 68.8 Å². The van der Waals surface area contributed by atoms with Crippen LogP contribution < -0.4 is 21.3 Å². The highest BCUT2D eigenvalue weighted by Gasteiger charge is 2.62. The number of hydrogen-bond acceptors (Lipinski definition) is 14. The van der Waals surface area contributed by atoms with Crippen LogP contribution >= 0.6 is 0 Å². The lowest BCUT2D eigenvalue weighted by Gasteiger charge is -2.38. The molecule has 3 aliphatic rings. The van der Waals surface area contributed by atoms with Gasteiger partial charge in [0.2, 0.25) is 23.6 Å². The molecule has 0 aromatic heterocycles. The molecule has 2 aliphatic heterocycles. The van der Waals surface area contributed by atoms with Gasteiger partial charge in [0.15, 0.2) is 12.6 Å². The van der Waals surface area contributed by atoms with Gasteiger partial charge in [-0.1, -0.05) is 6.42 Å². The van der Waals surface area contributed by atoms with Crippen molar-refractivity contribution in [1.82, 2.24) is 21.3 Å². The molecule has 1 aliphatic carbocycles. The number of amides is 4. The van der Waals surface area contributed by atoms with Gasteiger partial charge in [-0.3, -0.25) is 19.2 Å². The molecule has 0 aromatic carbocycles. The third-order valence-electron chi connectivity index (χ3n) is 8.57. The van der Waals surface area contributed by atoms with Gasteiger partial charge in [0.25, 0.3) is 0 Å². The van der Waals surface area contributed by atoms with Crippen LogP contribution in [0.2, 0.25) is 0 Å². The van der Waals surface area contributed by atoms with Gasteiger partial charge in [-0.2, -0.15) is 0 Å². The molecule has 1 saturated carbocycles. The zero-order valence-electron chi connectivity index (χ0n) is 26.8. The molecule has 4 amide bonds. The van der Waals surface area contributed by atoms with Crippen molar-refractivity contribution in [2.75, 3.05) is 39.9 Å². The van der Waals surface area contributed by atoms with Crippen LogP contribution in [-0.4, -0.2) is 156 Å². The van der Waals surface area contributed by atoms with Gasteiger partial charge in [0, 0.05) is 33.1 Å². The molecule has 270 valence electrons. The summed E-state index contributed by atoms with van der Waals surface area (Å²) in [5, 5.41) is 70.1. The van der Waals surface area contributed by atoms with Crippen molar-refractivity contribution in [3.63, 3.8) is 0 Å². The Balaban J connectivity index is 1.48. The lowest BCUT2D eigenvalue weighted by atomic mass is 10.0. The number of ether oxygens (including phenoxy) is 4. The minimum atomic E-state index is -1.51. The van der Waals surface area contributed by atoms with Crippen molar-refractivity contribution >= 4 is 23.6 Å². The zero-order chi connectivity index (χ0) is 34.8. The molecular formula is C29H50N4O14. The van der Waals surface area contributed by atoms with Crippen molar-refractivity contribution in [2.45, 2.75) is 101 Å². The van der Waals surface area contributed by atoms with E-state index in [1.165, 1.54) is 13.8 Å². The third kappa shape index (κ3) is 10.5. The molecule has 18 nitrogen and oxygen atoms in total. The average molecular weight is 679 g/mol. The standard InChI is InChI=1S/C29H50N4O14/c1-13-19(35)21(37)23(39)28(46-13)44-11-9-32-26(42)17-16(25(41)31-8-6-4-5-7-15(34)30-3)18(17)27(43)33-10-12-45-29-24(40)22(38)20(36)14(2)47-29/h13-14,16-24,28-29,35-40H,4-12H2,1-3H3,(H,30,34)(H,31,41)(H,32,42)(H,33,43)/t13-,14-,16?,17?,18?,19+,20+,21+,22+,23-,24-,28+,29+/m0/s1. The first-order valence-corrected chi connectivity index (χ1v) is 16.0. The molecule has 3 fully saturated rings. The zero-order valence-corrected chi connectivity index (χ0v) is 26.8. The smallest absolute Gasteiger partial charge is 0.224 e. The maximum Gasteiger partial charge on any atom is 0.224 e. The number of unbranched alkanes of at least 4 members (excludes halogenated alkanes) is 2. The minimum Gasteiger partial charge on any atom is -0.388 e. The Bertz CT molecular complexity index is 994. The van der Waals surface area contributed by atoms with Crippen LogP contribution in [0.25, 0.3) is 0 Å². The topological polar surface area (TPSA) is 275 Å². The third-order valence-corrected chi connectivity index (χ3v) is 8.57. The van der Waals surface area contributed by atoms with Crippen LogP contribution in [0.15, 0.2) is 0 Å². The van der Waals surface area contributed by atoms with E-state index in [-0.39, 0.29) is 32.2 Å². The Kier molecular flexibility index (Phi) is 15.2. The molecule has 2 heterocycles. The van der Waals surface area contributed by atoms with Crippen molar-refractivity contribution in [1.29, 1.82) is 0 Å². The molecule has 47 heavy (non-hydrogen) atoms. The summed E-state index contributed by atoms with van der Waals surface area (Å²) in [5.74, 6) is -4.64. The average Bonchev–Trinajstić information content (AvgIpc) is 3.81. The van der Waals surface area contributed by atoms with Gasteiger partial charge in [0.1, 0.15) is 36.6 Å². The summed E-state index contributed by atoms with van der Waals surface area (Å²) >= 11 is 0. The van der Waals surface area contributed by atoms with E-state index < -0.39 is 96.9 Å². The van der Waals surface area contributed by atoms with Crippen molar-refractivity contribution in [2.24, 2.45) is 17.8 Å². The van der Waals surface area contributed by atoms with Crippen LogP contribution in [-0.2, 0) is 38.1 Å². The van der Waals surface area contributed by atoms with E-state index in [2.05, 4.69) is 21.3 Å². The van der Waals surface area contributed by atoms with Crippen LogP contribution in [0.1, 0.15) is 39.5 Å². The molecule has 2 unspecified atom stereocenters. The predicted octanol–water partition coefficient (Wildman–Crippen LogP) is -4.81. The van der Waals surface area contributed by atoms with Crippen molar-refractivity contribution in [3.8, 4) is 0 Å². The van der Waals surface area contributed by atoms with Crippen LogP contribution in [0.4, 0.5) is 0 Å². The van der Waals surface area contributed by atoms with Gasteiger partial charge >= 0.3 is 0 Å². The number of aliphatic hydroxyl groups is 6. The second-order valence-corrected chi connectivity index (χ2v) is 12.0. The van der Waals surface area contributed by atoms with Crippen LogP contribution in [0.5, 0.6) is 0 Å². The maximum atomic E-state index is 13.0. The van der Waals surface area contributed by atoms with E-state index in [0.29, 0.717) is 32.2 Å². The Morgan fingerprint density at radius 3 is 1.38 bits per heavy atom. The summed E-state index contributed by atoms with van der Waals surface area (Å²) in [4.78, 5) is 50.4. The Morgan fingerprint density at radius 1 is 0.574 bits per heavy atom. The number of rotatable bonds is 17. The number of carbonyl (C=O) groups excluding carboxylic acids is 4. The van der Waals surface area contributed by atoms with E-state index in [1.807, 2.05) is 0 Å². The molecular weight excluding hydrogens is 628 g/mol. The summed E-state index contributed by atoms with van der Waals surface area (Å²) in [6.07, 6.45) is -10.4. The number of aliphatic hydroxyl groups excluding tert-OH is 6. The summed E-state index contributed by atoms with van der Waals surface area (Å²) in [6.45, 7) is 2.87. The molecule has 0 spiro atoms. The fourth-order valence-electron chi connectivity index (χ4n) is 5.57. The molecule has 12 atom stereocenters. The highest BCUT2D eigenvalue weighted by atomic mass is 16.7. The minimum absolute atomic E-state index is 0.0700. The van der Waals surface area contributed by atoms with E-state index in [9.17, 15) is 49.8 Å². The fraction of sp³-hybridized carbons (Fsp3) is 0.862. The molecule has 0 bridgehead atoms. The van der Waals surface area contributed by atoms with Gasteiger partial charge < -0.3 is 70.9 Å². The van der Waals surface area contributed by atoms with E-state index in [1.54, 1.807) is 7.05 Å². The molecule has 3 rings (SSSR count). The predicted molar refractivity (Wildman–Crippen MR) is 159 cm³/mol. The summed E-state index contributed by atoms with van der Waals surface area (Å²) < 4.78 is 21.5. The van der Waals surface area contributed by atoms with Gasteiger partial charge in [0.05, 0.1) is 43.2 Å². The van der Waals surface area contributed by atoms with Gasteiger partial charge in [-0.15, -0.1) is 0 Å². The van der Waals surface area contributed by atoms with Crippen LogP contribution in [0, 0.1) is 17.8 Å². The Morgan fingerprint density at radius 2 is 0.979 bits per heavy atom. The number of hydrogen-bond donors (Lipinski definition) is 10. The highest BCUT2D eigenvalue weighted by Crippen LogP contribution is 2.47. The quantitative estimate of drug-likeness (QED) is 0.0647. The Labute approximate surface area is 272 Å². The van der Waals surface area contributed by atoms with Crippen LogP contribution in [0.3, 0.4) is 0 Å². The molecule has 18 heteroatoms. The first-order valence-electron chi connectivity index (χ1n) is 16.0. The Hall–Kier alpha value is -2.52. The molecule has 0 aromatic rings. The largest absolute Gasteiger partial charge is 0.388 e. The molecule has 0 radical (unpaired) electrons. The monoisotopic (exact) mass is 678 g/mol.